The van der Waals surface area contributed by atoms with Crippen LogP contribution in [-0.4, -0.2) is 82.6 Å². The third-order valence-corrected chi connectivity index (χ3v) is 6.11. The summed E-state index contributed by atoms with van der Waals surface area (Å²) in [7, 11) is 0. The number of aryl methyl sites for hydroxylation is 1. The van der Waals surface area contributed by atoms with Crippen LogP contribution in [0, 0.1) is 5.41 Å². The quantitative estimate of drug-likeness (QED) is 0.707. The molecule has 4 rings (SSSR count). The molecule has 1 aromatic rings. The molecule has 1 spiro atoms. The molecule has 0 aliphatic carbocycles. The van der Waals surface area contributed by atoms with Gasteiger partial charge in [0.2, 0.25) is 0 Å². The minimum Gasteiger partial charge on any atom is -0.461 e. The van der Waals surface area contributed by atoms with Gasteiger partial charge in [0.25, 0.3) is 0 Å². The molecule has 0 N–H and O–H groups in total. The van der Waals surface area contributed by atoms with Gasteiger partial charge in [0.1, 0.15) is 18.3 Å². The van der Waals surface area contributed by atoms with Crippen molar-refractivity contribution >= 4 is 5.97 Å². The molecule has 0 aromatic carbocycles. The van der Waals surface area contributed by atoms with Gasteiger partial charge < -0.3 is 14.0 Å². The molecule has 1 unspecified atom stereocenters. The summed E-state index contributed by atoms with van der Waals surface area (Å²) >= 11 is 0. The number of morpholine rings is 1. The number of rotatable bonds is 5. The number of carbonyl (C=O) groups excluding carboxylic acids is 1. The van der Waals surface area contributed by atoms with Crippen molar-refractivity contribution in [3.8, 4) is 0 Å². The summed E-state index contributed by atoms with van der Waals surface area (Å²) in [4.78, 5) is 17.4. The first-order valence-electron chi connectivity index (χ1n) is 9.79. The molecule has 3 aliphatic rings. The van der Waals surface area contributed by atoms with Gasteiger partial charge in [0.15, 0.2) is 0 Å². The van der Waals surface area contributed by atoms with E-state index in [1.807, 2.05) is 0 Å². The molecule has 3 aliphatic heterocycles. The van der Waals surface area contributed by atoms with Gasteiger partial charge in [-0.2, -0.15) is 0 Å². The molecule has 4 heterocycles. The fourth-order valence-electron chi connectivity index (χ4n) is 4.42. The summed E-state index contributed by atoms with van der Waals surface area (Å²) in [5.41, 5.74) is -0.272. The zero-order chi connectivity index (χ0) is 18.0. The molecule has 26 heavy (non-hydrogen) atoms. The lowest BCUT2D eigenvalue weighted by atomic mass is 9.76. The minimum atomic E-state index is -0.272. The van der Waals surface area contributed by atoms with Crippen LogP contribution in [0.5, 0.6) is 0 Å². The highest BCUT2D eigenvalue weighted by Crippen LogP contribution is 2.43. The highest BCUT2D eigenvalue weighted by atomic mass is 16.6. The predicted molar refractivity (Wildman–Crippen MR) is 94.4 cm³/mol. The molecule has 8 heteroatoms. The molecule has 144 valence electrons. The zero-order valence-electron chi connectivity index (χ0n) is 15.6. The van der Waals surface area contributed by atoms with E-state index in [2.05, 4.69) is 31.5 Å². The second-order valence-corrected chi connectivity index (χ2v) is 7.73. The Bertz CT molecular complexity index is 620. The van der Waals surface area contributed by atoms with Crippen LogP contribution in [0.1, 0.15) is 32.0 Å². The average Bonchev–Trinajstić information content (AvgIpc) is 3.22. The van der Waals surface area contributed by atoms with Gasteiger partial charge >= 0.3 is 5.97 Å². The zero-order valence-corrected chi connectivity index (χ0v) is 15.6. The molecule has 0 amide bonds. The fraction of sp³-hybridized carbons (Fsp3) is 0.833. The first-order chi connectivity index (χ1) is 12.7. The van der Waals surface area contributed by atoms with E-state index in [4.69, 9.17) is 9.47 Å². The van der Waals surface area contributed by atoms with E-state index >= 15 is 0 Å². The molecule has 8 nitrogen and oxygen atoms in total. The number of hydrogen-bond acceptors (Lipinski definition) is 7. The summed E-state index contributed by atoms with van der Waals surface area (Å²) in [5, 5.41) is 8.23. The lowest BCUT2D eigenvalue weighted by Crippen LogP contribution is -2.43. The summed E-state index contributed by atoms with van der Waals surface area (Å²) in [6.45, 7) is 9.89. The number of piperidine rings is 1. The van der Waals surface area contributed by atoms with Crippen LogP contribution in [0.3, 0.4) is 0 Å². The molecule has 0 bridgehead atoms. The van der Waals surface area contributed by atoms with E-state index in [0.29, 0.717) is 0 Å². The van der Waals surface area contributed by atoms with Crippen molar-refractivity contribution < 1.29 is 14.3 Å². The average molecular weight is 363 g/mol. The second-order valence-electron chi connectivity index (χ2n) is 7.73. The van der Waals surface area contributed by atoms with Gasteiger partial charge in [-0.1, -0.05) is 0 Å². The van der Waals surface area contributed by atoms with Crippen molar-refractivity contribution in [2.75, 3.05) is 45.9 Å². The van der Waals surface area contributed by atoms with E-state index in [-0.39, 0.29) is 17.5 Å². The van der Waals surface area contributed by atoms with E-state index in [1.54, 1.807) is 6.33 Å². The Balaban J connectivity index is 1.30. The van der Waals surface area contributed by atoms with E-state index in [1.165, 1.54) is 0 Å². The van der Waals surface area contributed by atoms with Crippen LogP contribution >= 0.6 is 0 Å². The number of ether oxygens (including phenoxy) is 2. The van der Waals surface area contributed by atoms with Crippen LogP contribution < -0.4 is 0 Å². The van der Waals surface area contributed by atoms with Crippen molar-refractivity contribution in [2.24, 2.45) is 5.41 Å². The van der Waals surface area contributed by atoms with E-state index < -0.39 is 0 Å². The Morgan fingerprint density at radius 1 is 1.19 bits per heavy atom. The summed E-state index contributed by atoms with van der Waals surface area (Å²) < 4.78 is 13.2. The number of aromatic nitrogens is 3. The Kier molecular flexibility index (Phi) is 5.24. The van der Waals surface area contributed by atoms with Crippen LogP contribution in [0.25, 0.3) is 0 Å². The van der Waals surface area contributed by atoms with Gasteiger partial charge in [-0.25, -0.2) is 0 Å². The number of likely N-dealkylation sites (tertiary alicyclic amines) is 1. The van der Waals surface area contributed by atoms with E-state index in [0.717, 1.165) is 84.1 Å². The summed E-state index contributed by atoms with van der Waals surface area (Å²) in [6.07, 6.45) is 4.45. The number of nitrogens with zero attached hydrogens (tertiary/aromatic N) is 5. The third-order valence-electron chi connectivity index (χ3n) is 6.11. The smallest absolute Gasteiger partial charge is 0.312 e. The number of esters is 1. The molecular weight excluding hydrogens is 334 g/mol. The Morgan fingerprint density at radius 2 is 1.96 bits per heavy atom. The molecule has 0 saturated carbocycles. The molecule has 3 fully saturated rings. The van der Waals surface area contributed by atoms with Crippen LogP contribution in [0.2, 0.25) is 0 Å². The Hall–Kier alpha value is -1.51. The third kappa shape index (κ3) is 3.63. The maximum atomic E-state index is 12.6. The fourth-order valence-corrected chi connectivity index (χ4v) is 4.42. The summed E-state index contributed by atoms with van der Waals surface area (Å²) in [6, 6.07) is 0. The maximum absolute atomic E-state index is 12.6. The van der Waals surface area contributed by atoms with Gasteiger partial charge in [0, 0.05) is 32.6 Å². The normalized spacial score (nSPS) is 27.1. The van der Waals surface area contributed by atoms with Crippen molar-refractivity contribution in [3.05, 3.63) is 12.2 Å². The second kappa shape index (κ2) is 7.62. The predicted octanol–water partition coefficient (Wildman–Crippen LogP) is 0.528. The van der Waals surface area contributed by atoms with Crippen molar-refractivity contribution in [2.45, 2.75) is 45.4 Å². The molecule has 3 saturated heterocycles. The lowest BCUT2D eigenvalue weighted by molar-refractivity contribution is -0.151. The Morgan fingerprint density at radius 3 is 2.69 bits per heavy atom. The maximum Gasteiger partial charge on any atom is 0.312 e. The minimum absolute atomic E-state index is 0.0205. The first kappa shape index (κ1) is 17.9. The topological polar surface area (TPSA) is 72.7 Å². The van der Waals surface area contributed by atoms with Gasteiger partial charge in [-0.3, -0.25) is 14.6 Å². The standard InChI is InChI=1S/C18H29N5O3/c1-2-23-14-19-20-16(23)13-21-5-3-18(4-6-21)11-15(26-17(18)24)12-22-7-9-25-10-8-22/h14-15H,2-13H2,1H3. The SMILES string of the molecule is CCn1cnnc1CN1CCC2(CC1)CC(CN1CCOCC1)OC2=O. The molecule has 0 radical (unpaired) electrons. The van der Waals surface area contributed by atoms with Crippen LogP contribution in [0.4, 0.5) is 0 Å². The number of hydrogen-bond donors (Lipinski definition) is 0. The molecular formula is C18H29N5O3. The van der Waals surface area contributed by atoms with Gasteiger partial charge in [-0.15, -0.1) is 10.2 Å². The highest BCUT2D eigenvalue weighted by Gasteiger charge is 2.50. The summed E-state index contributed by atoms with van der Waals surface area (Å²) in [5.74, 6) is 1.02. The Labute approximate surface area is 154 Å². The van der Waals surface area contributed by atoms with Crippen LogP contribution in [-0.2, 0) is 27.4 Å². The van der Waals surface area contributed by atoms with Crippen molar-refractivity contribution in [3.63, 3.8) is 0 Å². The largest absolute Gasteiger partial charge is 0.461 e. The number of cyclic esters (lactones) is 1. The lowest BCUT2D eigenvalue weighted by Gasteiger charge is -2.36. The highest BCUT2D eigenvalue weighted by molar-refractivity contribution is 5.79. The van der Waals surface area contributed by atoms with E-state index in [9.17, 15) is 4.79 Å². The molecule has 1 atom stereocenters. The van der Waals surface area contributed by atoms with Crippen molar-refractivity contribution in [1.29, 1.82) is 0 Å². The monoisotopic (exact) mass is 363 g/mol. The van der Waals surface area contributed by atoms with Gasteiger partial charge in [0.05, 0.1) is 25.2 Å². The number of carbonyl (C=O) groups is 1. The first-order valence-corrected chi connectivity index (χ1v) is 9.79. The van der Waals surface area contributed by atoms with Crippen molar-refractivity contribution in [1.82, 2.24) is 24.6 Å². The van der Waals surface area contributed by atoms with Gasteiger partial charge in [-0.05, 0) is 32.9 Å². The molecule has 1 aromatic heterocycles. The van der Waals surface area contributed by atoms with Crippen LogP contribution in [0.15, 0.2) is 6.33 Å².